The summed E-state index contributed by atoms with van der Waals surface area (Å²) in [6.45, 7) is 9.69. The molecule has 1 aliphatic rings. The molecule has 1 fully saturated rings. The summed E-state index contributed by atoms with van der Waals surface area (Å²) < 4.78 is 5.68. The van der Waals surface area contributed by atoms with Crippen molar-refractivity contribution >= 4 is 0 Å². The molecule has 0 bridgehead atoms. The Labute approximate surface area is 88.6 Å². The van der Waals surface area contributed by atoms with Crippen molar-refractivity contribution in [2.45, 2.75) is 58.7 Å². The summed E-state index contributed by atoms with van der Waals surface area (Å²) in [5.74, 6) is 0.768. The molecule has 0 heterocycles. The lowest BCUT2D eigenvalue weighted by atomic mass is 9.78. The smallest absolute Gasteiger partial charge is 0.0519 e. The van der Waals surface area contributed by atoms with Crippen LogP contribution in [0, 0.1) is 5.92 Å². The summed E-state index contributed by atoms with van der Waals surface area (Å²) in [5, 5.41) is 0. The lowest BCUT2D eigenvalue weighted by Crippen LogP contribution is -2.49. The van der Waals surface area contributed by atoms with Crippen LogP contribution in [0.25, 0.3) is 0 Å². The van der Waals surface area contributed by atoms with E-state index in [1.807, 2.05) is 0 Å². The Morgan fingerprint density at radius 1 is 1.21 bits per heavy atom. The monoisotopic (exact) mass is 199 g/mol. The van der Waals surface area contributed by atoms with Crippen molar-refractivity contribution < 1.29 is 4.74 Å². The normalized spacial score (nSPS) is 27.4. The Balaban J connectivity index is 2.28. The van der Waals surface area contributed by atoms with Crippen LogP contribution in [-0.4, -0.2) is 36.7 Å². The minimum Gasteiger partial charge on any atom is -0.378 e. The molecule has 0 amide bonds. The van der Waals surface area contributed by atoms with Gasteiger partial charge in [0.05, 0.1) is 12.7 Å². The van der Waals surface area contributed by atoms with Gasteiger partial charge in [-0.2, -0.15) is 0 Å². The zero-order chi connectivity index (χ0) is 10.7. The van der Waals surface area contributed by atoms with Crippen LogP contribution in [0.5, 0.6) is 0 Å². The van der Waals surface area contributed by atoms with Crippen molar-refractivity contribution in [3.8, 4) is 0 Å². The van der Waals surface area contributed by atoms with E-state index in [1.165, 1.54) is 12.8 Å². The number of nitrogens with zero attached hydrogens (tertiary/aromatic N) is 1. The van der Waals surface area contributed by atoms with Gasteiger partial charge in [-0.3, -0.25) is 0 Å². The molecule has 2 nitrogen and oxygen atoms in total. The van der Waals surface area contributed by atoms with Gasteiger partial charge in [0.25, 0.3) is 0 Å². The maximum Gasteiger partial charge on any atom is 0.0519 e. The second kappa shape index (κ2) is 5.13. The molecule has 0 saturated heterocycles. The van der Waals surface area contributed by atoms with Crippen molar-refractivity contribution in [2.75, 3.05) is 13.7 Å². The Morgan fingerprint density at radius 2 is 1.86 bits per heavy atom. The third-order valence-corrected chi connectivity index (χ3v) is 3.36. The molecule has 1 aliphatic carbocycles. The summed E-state index contributed by atoms with van der Waals surface area (Å²) in [6.07, 6.45) is 3.07. The van der Waals surface area contributed by atoms with E-state index in [1.54, 1.807) is 0 Å². The van der Waals surface area contributed by atoms with Crippen LogP contribution < -0.4 is 0 Å². The van der Waals surface area contributed by atoms with Crippen LogP contribution >= 0.6 is 0 Å². The molecule has 84 valence electrons. The van der Waals surface area contributed by atoms with Gasteiger partial charge in [0.15, 0.2) is 0 Å². The molecule has 0 radical (unpaired) electrons. The van der Waals surface area contributed by atoms with Crippen LogP contribution in [0.3, 0.4) is 0 Å². The first kappa shape index (κ1) is 12.0. The van der Waals surface area contributed by atoms with Crippen LogP contribution in [0.4, 0.5) is 0 Å². The van der Waals surface area contributed by atoms with Crippen molar-refractivity contribution in [3.05, 3.63) is 0 Å². The van der Waals surface area contributed by atoms with Gasteiger partial charge in [0.2, 0.25) is 0 Å². The first-order valence-electron chi connectivity index (χ1n) is 5.86. The predicted octanol–water partition coefficient (Wildman–Crippen LogP) is 2.53. The summed E-state index contributed by atoms with van der Waals surface area (Å²) in [7, 11) is 2.23. The van der Waals surface area contributed by atoms with Gasteiger partial charge in [0.1, 0.15) is 0 Å². The molecule has 0 aromatic heterocycles. The first-order valence-corrected chi connectivity index (χ1v) is 5.86. The first-order chi connectivity index (χ1) is 6.52. The zero-order valence-electron chi connectivity index (χ0n) is 10.3. The Kier molecular flexibility index (Phi) is 4.39. The number of rotatable bonds is 5. The molecule has 0 N–H and O–H groups in total. The number of hydrogen-bond donors (Lipinski definition) is 0. The fraction of sp³-hybridized carbons (Fsp3) is 1.00. The number of hydrogen-bond acceptors (Lipinski definition) is 2. The highest BCUT2D eigenvalue weighted by molar-refractivity contribution is 4.88. The van der Waals surface area contributed by atoms with Gasteiger partial charge >= 0.3 is 0 Å². The van der Waals surface area contributed by atoms with Crippen molar-refractivity contribution in [3.63, 3.8) is 0 Å². The molecule has 0 aromatic carbocycles. The molecular weight excluding hydrogens is 174 g/mol. The molecule has 2 unspecified atom stereocenters. The molecule has 0 aliphatic heterocycles. The molecule has 1 rings (SSSR count). The fourth-order valence-corrected chi connectivity index (χ4v) is 1.98. The highest BCUT2D eigenvalue weighted by Gasteiger charge is 2.34. The maximum absolute atomic E-state index is 5.68. The quantitative estimate of drug-likeness (QED) is 0.674. The van der Waals surface area contributed by atoms with Crippen LogP contribution in [-0.2, 0) is 4.74 Å². The van der Waals surface area contributed by atoms with Gasteiger partial charge in [-0.25, -0.2) is 0 Å². The average molecular weight is 199 g/mol. The van der Waals surface area contributed by atoms with Gasteiger partial charge in [-0.1, -0.05) is 0 Å². The Bertz CT molecular complexity index is 168. The molecule has 2 heteroatoms. The van der Waals surface area contributed by atoms with Gasteiger partial charge in [0, 0.05) is 12.1 Å². The SMILES string of the molecule is CC(C)OCC1CCC1N(C)C(C)C. The van der Waals surface area contributed by atoms with Crippen LogP contribution in [0.2, 0.25) is 0 Å². The van der Waals surface area contributed by atoms with E-state index in [2.05, 4.69) is 39.6 Å². The Morgan fingerprint density at radius 3 is 2.21 bits per heavy atom. The third kappa shape index (κ3) is 2.96. The standard InChI is InChI=1S/C12H25NO/c1-9(2)13(5)12-7-6-11(12)8-14-10(3)4/h9-12H,6-8H2,1-5H3. The van der Waals surface area contributed by atoms with Crippen molar-refractivity contribution in [1.29, 1.82) is 0 Å². The van der Waals surface area contributed by atoms with E-state index < -0.39 is 0 Å². The second-order valence-electron chi connectivity index (χ2n) is 5.05. The molecule has 0 spiro atoms. The summed E-state index contributed by atoms with van der Waals surface area (Å²) in [5.41, 5.74) is 0. The van der Waals surface area contributed by atoms with E-state index in [-0.39, 0.29) is 0 Å². The minimum absolute atomic E-state index is 0.376. The topological polar surface area (TPSA) is 12.5 Å². The third-order valence-electron chi connectivity index (χ3n) is 3.36. The lowest BCUT2D eigenvalue weighted by Gasteiger charge is -2.44. The zero-order valence-corrected chi connectivity index (χ0v) is 10.3. The van der Waals surface area contributed by atoms with E-state index >= 15 is 0 Å². The molecule has 1 saturated carbocycles. The van der Waals surface area contributed by atoms with E-state index in [0.717, 1.165) is 18.6 Å². The predicted molar refractivity (Wildman–Crippen MR) is 60.5 cm³/mol. The summed E-state index contributed by atoms with van der Waals surface area (Å²) >= 11 is 0. The molecule has 14 heavy (non-hydrogen) atoms. The minimum atomic E-state index is 0.376. The maximum atomic E-state index is 5.68. The highest BCUT2D eigenvalue weighted by Crippen LogP contribution is 2.32. The lowest BCUT2D eigenvalue weighted by molar-refractivity contribution is -0.0244. The molecule has 2 atom stereocenters. The van der Waals surface area contributed by atoms with Gasteiger partial charge in [-0.05, 0) is 53.5 Å². The summed E-state index contributed by atoms with van der Waals surface area (Å²) in [4.78, 5) is 2.48. The van der Waals surface area contributed by atoms with Crippen molar-refractivity contribution in [1.82, 2.24) is 4.90 Å². The fourth-order valence-electron chi connectivity index (χ4n) is 1.98. The summed E-state index contributed by atoms with van der Waals surface area (Å²) in [6, 6.07) is 1.41. The van der Waals surface area contributed by atoms with Crippen LogP contribution in [0.1, 0.15) is 40.5 Å². The van der Waals surface area contributed by atoms with Gasteiger partial charge in [-0.15, -0.1) is 0 Å². The average Bonchev–Trinajstić information content (AvgIpc) is 2.01. The Hall–Kier alpha value is -0.0800. The van der Waals surface area contributed by atoms with Crippen molar-refractivity contribution in [2.24, 2.45) is 5.92 Å². The van der Waals surface area contributed by atoms with E-state index in [9.17, 15) is 0 Å². The van der Waals surface area contributed by atoms with Gasteiger partial charge < -0.3 is 9.64 Å². The molecule has 0 aromatic rings. The number of ether oxygens (including phenoxy) is 1. The van der Waals surface area contributed by atoms with E-state index in [0.29, 0.717) is 12.1 Å². The second-order valence-corrected chi connectivity index (χ2v) is 5.05. The van der Waals surface area contributed by atoms with Crippen LogP contribution in [0.15, 0.2) is 0 Å². The van der Waals surface area contributed by atoms with E-state index in [4.69, 9.17) is 4.74 Å². The largest absolute Gasteiger partial charge is 0.378 e. The highest BCUT2D eigenvalue weighted by atomic mass is 16.5. The molecular formula is C12H25NO.